The van der Waals surface area contributed by atoms with Gasteiger partial charge in [-0.15, -0.1) is 11.3 Å². The first-order valence-electron chi connectivity index (χ1n) is 10.2. The summed E-state index contributed by atoms with van der Waals surface area (Å²) < 4.78 is 6.29. The third-order valence-corrected chi connectivity index (χ3v) is 7.22. The summed E-state index contributed by atoms with van der Waals surface area (Å²) in [5, 5.41) is 2.33. The highest BCUT2D eigenvalue weighted by Gasteiger charge is 2.65. The molecule has 31 heavy (non-hydrogen) atoms. The number of amides is 2. The number of hydrogen-bond acceptors (Lipinski definition) is 7. The van der Waals surface area contributed by atoms with Crippen LogP contribution >= 0.6 is 11.3 Å². The van der Waals surface area contributed by atoms with Crippen LogP contribution in [0.15, 0.2) is 54.2 Å². The Labute approximate surface area is 182 Å². The average molecular weight is 433 g/mol. The van der Waals surface area contributed by atoms with E-state index in [4.69, 9.17) is 4.74 Å². The first kappa shape index (κ1) is 18.6. The molecule has 3 fully saturated rings. The van der Waals surface area contributed by atoms with E-state index in [0.717, 1.165) is 5.56 Å². The molecule has 3 aromatic rings. The summed E-state index contributed by atoms with van der Waals surface area (Å²) in [6, 6.07) is 11.3. The van der Waals surface area contributed by atoms with Crippen LogP contribution in [0.5, 0.6) is 0 Å². The molecule has 8 nitrogen and oxygen atoms in total. The van der Waals surface area contributed by atoms with Gasteiger partial charge in [-0.2, -0.15) is 0 Å². The van der Waals surface area contributed by atoms with E-state index in [9.17, 15) is 9.59 Å². The van der Waals surface area contributed by atoms with E-state index >= 15 is 0 Å². The highest BCUT2D eigenvalue weighted by molar-refractivity contribution is 7.13. The van der Waals surface area contributed by atoms with Crippen LogP contribution in [-0.2, 0) is 9.53 Å². The number of carbonyl (C=O) groups excluding carboxylic acids is 2. The summed E-state index contributed by atoms with van der Waals surface area (Å²) in [7, 11) is 0. The summed E-state index contributed by atoms with van der Waals surface area (Å²) >= 11 is 1.34. The third kappa shape index (κ3) is 2.73. The molecule has 2 aromatic heterocycles. The molecule has 3 aliphatic heterocycles. The van der Waals surface area contributed by atoms with Crippen LogP contribution in [0.1, 0.15) is 34.9 Å². The lowest BCUT2D eigenvalue weighted by atomic mass is 10.0. The second-order valence-electron chi connectivity index (χ2n) is 7.92. The Bertz CT molecular complexity index is 1150. The molecule has 0 radical (unpaired) electrons. The smallest absolute Gasteiger partial charge is 0.273 e. The first-order chi connectivity index (χ1) is 15.2. The number of rotatable bonds is 3. The van der Waals surface area contributed by atoms with Gasteiger partial charge in [-0.05, 0) is 11.6 Å². The highest BCUT2D eigenvalue weighted by atomic mass is 32.1. The van der Waals surface area contributed by atoms with E-state index in [2.05, 4.69) is 15.0 Å². The lowest BCUT2D eigenvalue weighted by molar-refractivity contribution is -0.138. The number of ether oxygens (including phenoxy) is 1. The highest BCUT2D eigenvalue weighted by Crippen LogP contribution is 2.51. The Hall–Kier alpha value is -3.17. The standard InChI is InChI=1S/C22H19N5O3S/c28-18-11-17-22(27(18)16(12-30-22)14-5-2-1-3-6-14)7-10-26(17)21(29)15-13-31-20(25-15)19-23-8-4-9-24-19/h1-6,8-9,13,16-17H,7,10-12H2/t16-,17+,22-/m0/s1. The monoisotopic (exact) mass is 433 g/mol. The third-order valence-electron chi connectivity index (χ3n) is 6.38. The molecule has 2 amide bonds. The van der Waals surface area contributed by atoms with Gasteiger partial charge in [0.2, 0.25) is 5.91 Å². The summed E-state index contributed by atoms with van der Waals surface area (Å²) in [5.74, 6) is 0.351. The van der Waals surface area contributed by atoms with Gasteiger partial charge in [0.1, 0.15) is 5.69 Å². The van der Waals surface area contributed by atoms with Gasteiger partial charge in [-0.1, -0.05) is 30.3 Å². The summed E-state index contributed by atoms with van der Waals surface area (Å²) in [5.41, 5.74) is 0.674. The fourth-order valence-electron chi connectivity index (χ4n) is 5.04. The van der Waals surface area contributed by atoms with Crippen molar-refractivity contribution in [3.05, 3.63) is 65.4 Å². The van der Waals surface area contributed by atoms with Crippen molar-refractivity contribution in [1.29, 1.82) is 0 Å². The second kappa shape index (κ2) is 6.93. The lowest BCUT2D eigenvalue weighted by Crippen LogP contribution is -2.49. The molecular formula is C22H19N5O3S. The van der Waals surface area contributed by atoms with Crippen molar-refractivity contribution in [3.8, 4) is 10.8 Å². The van der Waals surface area contributed by atoms with Crippen LogP contribution in [0.25, 0.3) is 10.8 Å². The Morgan fingerprint density at radius 3 is 2.77 bits per heavy atom. The van der Waals surface area contributed by atoms with Crippen molar-refractivity contribution in [3.63, 3.8) is 0 Å². The molecule has 0 N–H and O–H groups in total. The van der Waals surface area contributed by atoms with Gasteiger partial charge in [-0.3, -0.25) is 9.59 Å². The summed E-state index contributed by atoms with van der Waals surface area (Å²) in [4.78, 5) is 42.9. The van der Waals surface area contributed by atoms with Crippen molar-refractivity contribution in [2.24, 2.45) is 0 Å². The predicted molar refractivity (Wildman–Crippen MR) is 112 cm³/mol. The lowest BCUT2D eigenvalue weighted by Gasteiger charge is -2.33. The fourth-order valence-corrected chi connectivity index (χ4v) is 5.78. The molecule has 0 saturated carbocycles. The van der Waals surface area contributed by atoms with Crippen molar-refractivity contribution in [2.75, 3.05) is 13.2 Å². The van der Waals surface area contributed by atoms with Crippen LogP contribution in [0, 0.1) is 0 Å². The van der Waals surface area contributed by atoms with E-state index in [1.807, 2.05) is 35.2 Å². The normalized spacial score (nSPS) is 26.9. The maximum Gasteiger partial charge on any atom is 0.273 e. The van der Waals surface area contributed by atoms with E-state index in [1.54, 1.807) is 28.7 Å². The molecule has 0 unspecified atom stereocenters. The number of nitrogens with zero attached hydrogens (tertiary/aromatic N) is 5. The van der Waals surface area contributed by atoms with Gasteiger partial charge >= 0.3 is 0 Å². The van der Waals surface area contributed by atoms with E-state index in [1.165, 1.54) is 11.3 Å². The zero-order chi connectivity index (χ0) is 21.0. The Balaban J connectivity index is 1.28. The number of hydrogen-bond donors (Lipinski definition) is 0. The van der Waals surface area contributed by atoms with Gasteiger partial charge < -0.3 is 14.5 Å². The van der Waals surface area contributed by atoms with Crippen LogP contribution in [-0.4, -0.2) is 61.5 Å². The van der Waals surface area contributed by atoms with E-state index in [-0.39, 0.29) is 30.3 Å². The topological polar surface area (TPSA) is 88.5 Å². The fraction of sp³-hybridized carbons (Fsp3) is 0.318. The number of thiazole rings is 1. The van der Waals surface area contributed by atoms with Crippen molar-refractivity contribution >= 4 is 23.2 Å². The maximum atomic E-state index is 13.3. The molecule has 3 aliphatic rings. The quantitative estimate of drug-likeness (QED) is 0.631. The minimum atomic E-state index is -0.741. The molecule has 0 aliphatic carbocycles. The molecule has 9 heteroatoms. The van der Waals surface area contributed by atoms with Gasteiger partial charge in [-0.25, -0.2) is 15.0 Å². The van der Waals surface area contributed by atoms with Gasteiger partial charge in [0.05, 0.1) is 25.1 Å². The molecular weight excluding hydrogens is 414 g/mol. The molecule has 156 valence electrons. The van der Waals surface area contributed by atoms with Crippen LogP contribution in [0.2, 0.25) is 0 Å². The Morgan fingerprint density at radius 1 is 1.16 bits per heavy atom. The molecule has 5 heterocycles. The summed E-state index contributed by atoms with van der Waals surface area (Å²) in [6.07, 6.45) is 4.18. The molecule has 3 saturated heterocycles. The van der Waals surface area contributed by atoms with Crippen LogP contribution in [0.4, 0.5) is 0 Å². The van der Waals surface area contributed by atoms with Crippen LogP contribution < -0.4 is 0 Å². The molecule has 0 bridgehead atoms. The Morgan fingerprint density at radius 2 is 1.97 bits per heavy atom. The maximum absolute atomic E-state index is 13.3. The van der Waals surface area contributed by atoms with Crippen molar-refractivity contribution in [1.82, 2.24) is 24.8 Å². The number of carbonyl (C=O) groups is 2. The predicted octanol–water partition coefficient (Wildman–Crippen LogP) is 2.51. The number of likely N-dealkylation sites (tertiary alicyclic amines) is 1. The summed E-state index contributed by atoms with van der Waals surface area (Å²) in [6.45, 7) is 0.976. The molecule has 1 spiro atoms. The SMILES string of the molecule is O=C(c1csc(-c2ncccn2)n1)N1CC[C@@]23OC[C@@H](c4ccccc4)N2C(=O)C[C@@H]13. The van der Waals surface area contributed by atoms with E-state index in [0.29, 0.717) is 36.1 Å². The van der Waals surface area contributed by atoms with Gasteiger partial charge in [0.15, 0.2) is 16.6 Å². The van der Waals surface area contributed by atoms with Crippen molar-refractivity contribution in [2.45, 2.75) is 30.7 Å². The van der Waals surface area contributed by atoms with Crippen LogP contribution in [0.3, 0.4) is 0 Å². The molecule has 1 aromatic carbocycles. The second-order valence-corrected chi connectivity index (χ2v) is 8.78. The number of aromatic nitrogens is 3. The minimum absolute atomic E-state index is 0.0329. The van der Waals surface area contributed by atoms with Crippen molar-refractivity contribution < 1.29 is 14.3 Å². The zero-order valence-corrected chi connectivity index (χ0v) is 17.4. The zero-order valence-electron chi connectivity index (χ0n) is 16.5. The Kier molecular flexibility index (Phi) is 4.15. The largest absolute Gasteiger partial charge is 0.351 e. The molecule has 3 atom stereocenters. The van der Waals surface area contributed by atoms with E-state index < -0.39 is 5.72 Å². The van der Waals surface area contributed by atoms with Gasteiger partial charge in [0.25, 0.3) is 5.91 Å². The average Bonchev–Trinajstić information content (AvgIpc) is 3.56. The van der Waals surface area contributed by atoms with Gasteiger partial charge in [0, 0.05) is 30.7 Å². The first-order valence-corrected chi connectivity index (χ1v) is 11.1. The minimum Gasteiger partial charge on any atom is -0.351 e. The molecule has 6 rings (SSSR count). The number of benzene rings is 1.